The van der Waals surface area contributed by atoms with E-state index in [1.807, 2.05) is 42.0 Å². The van der Waals surface area contributed by atoms with Gasteiger partial charge in [-0.25, -0.2) is 0 Å². The predicted octanol–water partition coefficient (Wildman–Crippen LogP) is 3.21. The summed E-state index contributed by atoms with van der Waals surface area (Å²) in [4.78, 5) is 5.26. The molecule has 0 aliphatic rings. The molecule has 0 bridgehead atoms. The molecule has 1 heterocycles. The Morgan fingerprint density at radius 2 is 2.12 bits per heavy atom. The normalized spacial score (nSPS) is 12.6. The lowest BCUT2D eigenvalue weighted by Gasteiger charge is -2.10. The molecule has 1 aromatic carbocycles. The lowest BCUT2D eigenvalue weighted by molar-refractivity contribution is 0.680. The van der Waals surface area contributed by atoms with Crippen molar-refractivity contribution in [2.24, 2.45) is 0 Å². The fourth-order valence-electron chi connectivity index (χ4n) is 1.43. The molecule has 0 saturated carbocycles. The van der Waals surface area contributed by atoms with Gasteiger partial charge in [-0.05, 0) is 5.56 Å². The predicted molar refractivity (Wildman–Crippen MR) is 68.9 cm³/mol. The standard InChI is InChI=1S/C12H13ClN2S/c13-12(10-4-2-1-3-5-10)8-14-6-11-7-15-9-16-11/h1-5,7,9,12,14H,6,8H2. The van der Waals surface area contributed by atoms with Crippen molar-refractivity contribution in [1.82, 2.24) is 10.3 Å². The average Bonchev–Trinajstić information content (AvgIpc) is 2.83. The van der Waals surface area contributed by atoms with Crippen molar-refractivity contribution in [2.75, 3.05) is 6.54 Å². The van der Waals surface area contributed by atoms with Gasteiger partial charge in [-0.15, -0.1) is 22.9 Å². The zero-order chi connectivity index (χ0) is 11.2. The topological polar surface area (TPSA) is 24.9 Å². The van der Waals surface area contributed by atoms with Gasteiger partial charge in [0, 0.05) is 24.2 Å². The summed E-state index contributed by atoms with van der Waals surface area (Å²) in [5, 5.41) is 3.35. The molecule has 0 fully saturated rings. The summed E-state index contributed by atoms with van der Waals surface area (Å²) < 4.78 is 0. The number of halogens is 1. The molecule has 4 heteroatoms. The number of hydrogen-bond acceptors (Lipinski definition) is 3. The maximum absolute atomic E-state index is 6.27. The molecule has 16 heavy (non-hydrogen) atoms. The van der Waals surface area contributed by atoms with Crippen molar-refractivity contribution in [3.63, 3.8) is 0 Å². The van der Waals surface area contributed by atoms with E-state index in [9.17, 15) is 0 Å². The second-order valence-electron chi connectivity index (χ2n) is 3.48. The quantitative estimate of drug-likeness (QED) is 0.827. The molecule has 1 unspecified atom stereocenters. The molecule has 0 aliphatic heterocycles. The Morgan fingerprint density at radius 1 is 1.31 bits per heavy atom. The van der Waals surface area contributed by atoms with Crippen LogP contribution in [0.15, 0.2) is 42.0 Å². The molecule has 1 atom stereocenters. The zero-order valence-electron chi connectivity index (χ0n) is 8.77. The second-order valence-corrected chi connectivity index (χ2v) is 4.97. The fourth-order valence-corrected chi connectivity index (χ4v) is 2.25. The minimum absolute atomic E-state index is 0.0223. The Bertz CT molecular complexity index is 402. The maximum atomic E-state index is 6.27. The molecule has 1 aromatic heterocycles. The minimum Gasteiger partial charge on any atom is -0.310 e. The molecule has 1 N–H and O–H groups in total. The number of nitrogens with zero attached hydrogens (tertiary/aromatic N) is 1. The van der Waals surface area contributed by atoms with E-state index in [4.69, 9.17) is 11.6 Å². The third kappa shape index (κ3) is 3.30. The van der Waals surface area contributed by atoms with E-state index < -0.39 is 0 Å². The fraction of sp³-hybridized carbons (Fsp3) is 0.250. The lowest BCUT2D eigenvalue weighted by Crippen LogP contribution is -2.17. The van der Waals surface area contributed by atoms with Gasteiger partial charge in [0.2, 0.25) is 0 Å². The summed E-state index contributed by atoms with van der Waals surface area (Å²) in [5.41, 5.74) is 2.99. The van der Waals surface area contributed by atoms with Gasteiger partial charge in [-0.1, -0.05) is 30.3 Å². The first-order chi connectivity index (χ1) is 7.86. The minimum atomic E-state index is 0.0223. The number of thiazole rings is 1. The lowest BCUT2D eigenvalue weighted by atomic mass is 10.1. The first kappa shape index (κ1) is 11.6. The molecule has 0 spiro atoms. The summed E-state index contributed by atoms with van der Waals surface area (Å²) in [6.45, 7) is 1.60. The van der Waals surface area contributed by atoms with Crippen LogP contribution in [0.1, 0.15) is 15.8 Å². The molecule has 2 rings (SSSR count). The van der Waals surface area contributed by atoms with Gasteiger partial charge in [0.1, 0.15) is 0 Å². The third-order valence-electron chi connectivity index (χ3n) is 2.27. The number of alkyl halides is 1. The number of benzene rings is 1. The van der Waals surface area contributed by atoms with Crippen LogP contribution in [0.4, 0.5) is 0 Å². The van der Waals surface area contributed by atoms with E-state index in [0.717, 1.165) is 18.7 Å². The van der Waals surface area contributed by atoms with Crippen molar-refractivity contribution in [1.29, 1.82) is 0 Å². The van der Waals surface area contributed by atoms with Crippen LogP contribution in [0, 0.1) is 0 Å². The van der Waals surface area contributed by atoms with E-state index in [1.54, 1.807) is 11.3 Å². The molecule has 0 radical (unpaired) electrons. The highest BCUT2D eigenvalue weighted by Gasteiger charge is 2.06. The van der Waals surface area contributed by atoms with E-state index in [2.05, 4.69) is 10.3 Å². The Balaban J connectivity index is 1.78. The Morgan fingerprint density at radius 3 is 2.81 bits per heavy atom. The van der Waals surface area contributed by atoms with Crippen LogP contribution < -0.4 is 5.32 Å². The summed E-state index contributed by atoms with van der Waals surface area (Å²) in [6, 6.07) is 10.1. The zero-order valence-corrected chi connectivity index (χ0v) is 10.3. The largest absolute Gasteiger partial charge is 0.310 e. The van der Waals surface area contributed by atoms with Crippen molar-refractivity contribution in [2.45, 2.75) is 11.9 Å². The van der Waals surface area contributed by atoms with Crippen molar-refractivity contribution < 1.29 is 0 Å². The van der Waals surface area contributed by atoms with Crippen LogP contribution in [-0.4, -0.2) is 11.5 Å². The van der Waals surface area contributed by atoms with Crippen molar-refractivity contribution >= 4 is 22.9 Å². The van der Waals surface area contributed by atoms with E-state index in [-0.39, 0.29) is 5.38 Å². The molecule has 0 saturated heterocycles. The molecule has 84 valence electrons. The number of nitrogens with one attached hydrogen (secondary N) is 1. The molecule has 2 aromatic rings. The highest BCUT2D eigenvalue weighted by Crippen LogP contribution is 2.18. The van der Waals surface area contributed by atoms with Crippen LogP contribution in [-0.2, 0) is 6.54 Å². The number of hydrogen-bond donors (Lipinski definition) is 1. The summed E-state index contributed by atoms with van der Waals surface area (Å²) >= 11 is 7.93. The molecule has 0 aliphatic carbocycles. The van der Waals surface area contributed by atoms with Gasteiger partial charge in [0.05, 0.1) is 10.9 Å². The van der Waals surface area contributed by atoms with Gasteiger partial charge in [0.25, 0.3) is 0 Å². The highest BCUT2D eigenvalue weighted by molar-refractivity contribution is 7.09. The van der Waals surface area contributed by atoms with Gasteiger partial charge < -0.3 is 5.32 Å². The van der Waals surface area contributed by atoms with Crippen LogP contribution in [0.2, 0.25) is 0 Å². The van der Waals surface area contributed by atoms with Crippen LogP contribution in [0.25, 0.3) is 0 Å². The van der Waals surface area contributed by atoms with Crippen molar-refractivity contribution in [3.8, 4) is 0 Å². The first-order valence-electron chi connectivity index (χ1n) is 5.13. The summed E-state index contributed by atoms with van der Waals surface area (Å²) in [5.74, 6) is 0. The van der Waals surface area contributed by atoms with Crippen molar-refractivity contribution in [3.05, 3.63) is 52.5 Å². The van der Waals surface area contributed by atoms with Crippen LogP contribution >= 0.6 is 22.9 Å². The highest BCUT2D eigenvalue weighted by atomic mass is 35.5. The average molecular weight is 253 g/mol. The van der Waals surface area contributed by atoms with E-state index in [0.29, 0.717) is 0 Å². The van der Waals surface area contributed by atoms with Gasteiger partial charge in [0.15, 0.2) is 0 Å². The molecular formula is C12H13ClN2S. The second kappa shape index (κ2) is 5.99. The monoisotopic (exact) mass is 252 g/mol. The van der Waals surface area contributed by atoms with E-state index >= 15 is 0 Å². The molecular weight excluding hydrogens is 240 g/mol. The first-order valence-corrected chi connectivity index (χ1v) is 6.45. The SMILES string of the molecule is ClC(CNCc1cncs1)c1ccccc1. The molecule has 2 nitrogen and oxygen atoms in total. The number of rotatable bonds is 5. The maximum Gasteiger partial charge on any atom is 0.0794 e. The summed E-state index contributed by atoms with van der Waals surface area (Å²) in [6.07, 6.45) is 1.88. The Labute approximate surface area is 104 Å². The van der Waals surface area contributed by atoms with Gasteiger partial charge in [-0.2, -0.15) is 0 Å². The van der Waals surface area contributed by atoms with Gasteiger partial charge >= 0.3 is 0 Å². The Kier molecular flexibility index (Phi) is 4.34. The third-order valence-corrected chi connectivity index (χ3v) is 3.45. The number of aromatic nitrogens is 1. The Hall–Kier alpha value is -0.900. The van der Waals surface area contributed by atoms with Crippen LogP contribution in [0.3, 0.4) is 0 Å². The molecule has 0 amide bonds. The summed E-state index contributed by atoms with van der Waals surface area (Å²) in [7, 11) is 0. The van der Waals surface area contributed by atoms with Crippen LogP contribution in [0.5, 0.6) is 0 Å². The van der Waals surface area contributed by atoms with Gasteiger partial charge in [-0.3, -0.25) is 4.98 Å². The van der Waals surface area contributed by atoms with E-state index in [1.165, 1.54) is 4.88 Å². The smallest absolute Gasteiger partial charge is 0.0794 e.